The van der Waals surface area contributed by atoms with Crippen LogP contribution in [0.2, 0.25) is 9.44 Å². The summed E-state index contributed by atoms with van der Waals surface area (Å²) in [6.07, 6.45) is 0. The second-order valence-corrected chi connectivity index (χ2v) is 24.7. The minimum absolute atomic E-state index is 1.37. The van der Waals surface area contributed by atoms with Gasteiger partial charge in [-0.1, -0.05) is 0 Å². The van der Waals surface area contributed by atoms with Crippen LogP contribution >= 0.6 is 18.7 Å². The van der Waals surface area contributed by atoms with Gasteiger partial charge < -0.3 is 0 Å². The molecule has 1 aromatic rings. The zero-order valence-electron chi connectivity index (χ0n) is 7.80. The first kappa shape index (κ1) is 10.8. The van der Waals surface area contributed by atoms with E-state index in [1.165, 1.54) is 10.0 Å². The Labute approximate surface area is 88.8 Å². The molecule has 0 spiro atoms. The fraction of sp³-hybridized carbons (Fsp3) is 0.400. The van der Waals surface area contributed by atoms with Gasteiger partial charge in [0.2, 0.25) is 0 Å². The number of halogens is 1. The quantitative estimate of drug-likeness (QED) is 0.538. The van der Waals surface area contributed by atoms with E-state index in [0.29, 0.717) is 0 Å². The van der Waals surface area contributed by atoms with E-state index in [9.17, 15) is 0 Å². The van der Waals surface area contributed by atoms with Crippen LogP contribution in [0.5, 0.6) is 0 Å². The summed E-state index contributed by atoms with van der Waals surface area (Å²) >= 11 is 1.08. The van der Waals surface area contributed by atoms with Crippen molar-refractivity contribution in [2.75, 3.05) is 0 Å². The number of hydrogen-bond donors (Lipinski definition) is 0. The van der Waals surface area contributed by atoms with E-state index < -0.39 is 14.2 Å². The molecule has 0 aliphatic heterocycles. The zero-order valence-corrected chi connectivity index (χ0v) is 12.3. The summed E-state index contributed by atoms with van der Waals surface area (Å²) in [6.45, 7) is 4.46. The van der Waals surface area contributed by atoms with Gasteiger partial charge in [-0.05, 0) is 0 Å². The summed E-state index contributed by atoms with van der Waals surface area (Å²) in [5, 5.41) is 0. The van der Waals surface area contributed by atoms with Crippen molar-refractivity contribution in [2.24, 2.45) is 0 Å². The number of rotatable bonds is 2. The summed E-state index contributed by atoms with van der Waals surface area (Å²) in [4.78, 5) is 2.47. The number of hydrogen-bond acceptors (Lipinski definition) is 0. The molecule has 0 saturated heterocycles. The second kappa shape index (κ2) is 4.30. The molecule has 1 unspecified atom stereocenters. The Morgan fingerprint density at radius 1 is 1.25 bits per heavy atom. The summed E-state index contributed by atoms with van der Waals surface area (Å²) in [5.41, 5.74) is 1.37. The summed E-state index contributed by atoms with van der Waals surface area (Å²) in [6, 6.07) is 9.08. The summed E-state index contributed by atoms with van der Waals surface area (Å²) in [7, 11) is 0. The molecule has 0 amide bonds. The van der Waals surface area contributed by atoms with Crippen LogP contribution in [0.4, 0.5) is 0 Å². The molecule has 0 nitrogen and oxygen atoms in total. The van der Waals surface area contributed by atoms with Gasteiger partial charge in [0.15, 0.2) is 0 Å². The van der Waals surface area contributed by atoms with E-state index in [0.717, 1.165) is 0 Å². The van der Waals surface area contributed by atoms with Crippen molar-refractivity contribution in [2.45, 2.75) is 23.3 Å². The van der Waals surface area contributed by atoms with Gasteiger partial charge in [-0.15, -0.1) is 0 Å². The van der Waals surface area contributed by atoms with Gasteiger partial charge >= 0.3 is 89.7 Å². The topological polar surface area (TPSA) is 0 Å². The number of benzene rings is 1. The Morgan fingerprint density at radius 2 is 1.75 bits per heavy atom. The predicted molar refractivity (Wildman–Crippen MR) is 66.9 cm³/mol. The van der Waals surface area contributed by atoms with Gasteiger partial charge in [0.05, 0.1) is 0 Å². The normalized spacial score (nSPS) is 18.3. The van der Waals surface area contributed by atoms with Crippen molar-refractivity contribution in [3.63, 3.8) is 0 Å². The van der Waals surface area contributed by atoms with Gasteiger partial charge in [0.1, 0.15) is 0 Å². The molecule has 1 rings (SSSR count). The van der Waals surface area contributed by atoms with Gasteiger partial charge in [-0.3, -0.25) is 0 Å². The van der Waals surface area contributed by atoms with Crippen LogP contribution in [0, 0.1) is 6.92 Å². The third-order valence-electron chi connectivity index (χ3n) is 2.05. The van der Waals surface area contributed by atoms with Crippen LogP contribution in [-0.2, 0) is 0 Å². The fourth-order valence-electron chi connectivity index (χ4n) is 0.989. The molecule has 68 valence electrons. The van der Waals surface area contributed by atoms with Gasteiger partial charge in [-0.25, -0.2) is 0 Å². The Morgan fingerprint density at radius 3 is 2.17 bits per heavy atom. The standard InChI is InChI=1S/C10H15ITe/c1-4-12(3,11)10-7-5-9(2)6-8-10/h5-8H,4H2,1-3H3. The molecule has 0 aromatic heterocycles. The van der Waals surface area contributed by atoms with Crippen LogP contribution in [0.25, 0.3) is 0 Å². The first-order valence-corrected chi connectivity index (χ1v) is 16.0. The molecule has 0 heterocycles. The summed E-state index contributed by atoms with van der Waals surface area (Å²) < 4.78 is 2.98. The first-order valence-electron chi connectivity index (χ1n) is 4.08. The molecule has 0 fully saturated rings. The van der Waals surface area contributed by atoms with Gasteiger partial charge in [0, 0.05) is 0 Å². The maximum absolute atomic E-state index is 2.71. The SMILES string of the molecule is CC[Te](C)(I)c1ccc(C)cc1. The molecule has 1 aromatic carbocycles. The molecule has 1 atom stereocenters. The molecular weight excluding hydrogens is 375 g/mol. The average molecular weight is 390 g/mol. The van der Waals surface area contributed by atoms with E-state index in [1.807, 2.05) is 0 Å². The second-order valence-electron chi connectivity index (χ2n) is 3.08. The van der Waals surface area contributed by atoms with Crippen molar-refractivity contribution in [1.82, 2.24) is 0 Å². The van der Waals surface area contributed by atoms with E-state index >= 15 is 0 Å². The van der Waals surface area contributed by atoms with Crippen molar-refractivity contribution in [3.8, 4) is 0 Å². The molecular formula is C10H15ITe. The molecule has 0 aliphatic carbocycles. The van der Waals surface area contributed by atoms with Gasteiger partial charge in [0.25, 0.3) is 0 Å². The van der Waals surface area contributed by atoms with E-state index in [2.05, 4.69) is 61.8 Å². The first-order chi connectivity index (χ1) is 5.56. The number of aryl methyl sites for hydroxylation is 1. The molecule has 0 saturated carbocycles. The predicted octanol–water partition coefficient (Wildman–Crippen LogP) is 3.23. The zero-order chi connectivity index (χ0) is 9.19. The fourth-order valence-corrected chi connectivity index (χ4v) is 5.92. The Hall–Kier alpha value is 0.740. The van der Waals surface area contributed by atoms with Crippen LogP contribution in [0.1, 0.15) is 12.5 Å². The minimum atomic E-state index is -1.62. The van der Waals surface area contributed by atoms with E-state index in [1.54, 1.807) is 3.61 Å². The summed E-state index contributed by atoms with van der Waals surface area (Å²) in [5.74, 6) is 0. The molecule has 12 heavy (non-hydrogen) atoms. The molecule has 0 bridgehead atoms. The van der Waals surface area contributed by atoms with Crippen LogP contribution in [-0.4, -0.2) is 14.2 Å². The molecule has 0 radical (unpaired) electrons. The average Bonchev–Trinajstić information content (AvgIpc) is 2.05. The van der Waals surface area contributed by atoms with Crippen molar-refractivity contribution >= 4 is 36.5 Å². The van der Waals surface area contributed by atoms with E-state index in [-0.39, 0.29) is 0 Å². The Kier molecular flexibility index (Phi) is 3.88. The van der Waals surface area contributed by atoms with Crippen molar-refractivity contribution in [1.29, 1.82) is 0 Å². The van der Waals surface area contributed by atoms with Crippen LogP contribution < -0.4 is 3.61 Å². The van der Waals surface area contributed by atoms with Crippen molar-refractivity contribution < 1.29 is 0 Å². The Bertz CT molecular complexity index is 251. The van der Waals surface area contributed by atoms with Crippen LogP contribution in [0.15, 0.2) is 24.3 Å². The third-order valence-corrected chi connectivity index (χ3v) is 16.3. The Balaban J connectivity index is 2.96. The molecule has 0 aliphatic rings. The third kappa shape index (κ3) is 2.61. The maximum atomic E-state index is 2.71. The van der Waals surface area contributed by atoms with E-state index in [4.69, 9.17) is 0 Å². The monoisotopic (exact) mass is 392 g/mol. The van der Waals surface area contributed by atoms with Crippen molar-refractivity contribution in [3.05, 3.63) is 29.8 Å². The molecule has 0 N–H and O–H groups in total. The van der Waals surface area contributed by atoms with Gasteiger partial charge in [-0.2, -0.15) is 0 Å². The van der Waals surface area contributed by atoms with Crippen LogP contribution in [0.3, 0.4) is 0 Å². The molecule has 2 heteroatoms.